The number of alkyl halides is 3. The summed E-state index contributed by atoms with van der Waals surface area (Å²) in [6.07, 6.45) is -1.06. The monoisotopic (exact) mass is 403 g/mol. The molecule has 1 fully saturated rings. The smallest absolute Gasteiger partial charge is 0.422 e. The third-order valence-electron chi connectivity index (χ3n) is 4.10. The molecule has 1 heterocycles. The number of hydrogen-bond acceptors (Lipinski definition) is 4. The van der Waals surface area contributed by atoms with Crippen molar-refractivity contribution in [3.63, 3.8) is 0 Å². The van der Waals surface area contributed by atoms with Gasteiger partial charge in [0.05, 0.1) is 12.7 Å². The molecule has 1 aliphatic heterocycles. The molecule has 1 unspecified atom stereocenters. The van der Waals surface area contributed by atoms with Crippen molar-refractivity contribution >= 4 is 5.96 Å². The zero-order valence-electron chi connectivity index (χ0n) is 16.1. The molecule has 1 aromatic rings. The fourth-order valence-corrected chi connectivity index (χ4v) is 2.65. The Hall–Kier alpha value is -2.00. The second-order valence-electron chi connectivity index (χ2n) is 6.46. The van der Waals surface area contributed by atoms with Crippen molar-refractivity contribution < 1.29 is 27.4 Å². The van der Waals surface area contributed by atoms with Crippen LogP contribution in [0.1, 0.15) is 24.8 Å². The molecule has 1 aromatic carbocycles. The molecule has 6 nitrogen and oxygen atoms in total. The van der Waals surface area contributed by atoms with E-state index in [2.05, 4.69) is 20.4 Å². The average Bonchev–Trinajstić information content (AvgIpc) is 3.19. The van der Waals surface area contributed by atoms with E-state index in [0.717, 1.165) is 38.0 Å². The molecule has 2 N–H and O–H groups in total. The summed E-state index contributed by atoms with van der Waals surface area (Å²) in [6, 6.07) is 6.46. The van der Waals surface area contributed by atoms with Crippen molar-refractivity contribution in [3.05, 3.63) is 29.8 Å². The van der Waals surface area contributed by atoms with Gasteiger partial charge in [-0.25, -0.2) is 0 Å². The first-order chi connectivity index (χ1) is 13.5. The summed E-state index contributed by atoms with van der Waals surface area (Å²) in [6.45, 7) is 2.06. The summed E-state index contributed by atoms with van der Waals surface area (Å²) in [5, 5.41) is 6.35. The quantitative estimate of drug-likeness (QED) is 0.357. The Kier molecular flexibility index (Phi) is 9.36. The SMILES string of the molecule is CN=C(NCCCOCC1CCCO1)NCc1ccc(OCC(F)(F)F)cc1. The van der Waals surface area contributed by atoms with Crippen LogP contribution in [0.15, 0.2) is 29.3 Å². The molecule has 0 saturated carbocycles. The Morgan fingerprint density at radius 3 is 2.68 bits per heavy atom. The summed E-state index contributed by atoms with van der Waals surface area (Å²) in [5.41, 5.74) is 0.905. The van der Waals surface area contributed by atoms with Crippen LogP contribution in [-0.4, -0.2) is 58.3 Å². The van der Waals surface area contributed by atoms with Crippen LogP contribution in [-0.2, 0) is 16.0 Å². The number of ether oxygens (including phenoxy) is 3. The van der Waals surface area contributed by atoms with Gasteiger partial charge in [0.25, 0.3) is 0 Å². The predicted molar refractivity (Wildman–Crippen MR) is 101 cm³/mol. The normalized spacial score (nSPS) is 17.6. The van der Waals surface area contributed by atoms with Crippen molar-refractivity contribution in [2.75, 3.05) is 40.0 Å². The van der Waals surface area contributed by atoms with Gasteiger partial charge in [0, 0.05) is 33.4 Å². The summed E-state index contributed by atoms with van der Waals surface area (Å²) in [7, 11) is 1.68. The zero-order chi connectivity index (χ0) is 20.2. The molecule has 1 aliphatic rings. The average molecular weight is 403 g/mol. The van der Waals surface area contributed by atoms with Crippen LogP contribution >= 0.6 is 0 Å². The number of nitrogens with zero attached hydrogens (tertiary/aromatic N) is 1. The lowest BCUT2D eigenvalue weighted by atomic mass is 10.2. The van der Waals surface area contributed by atoms with Crippen molar-refractivity contribution in [2.24, 2.45) is 4.99 Å². The first-order valence-corrected chi connectivity index (χ1v) is 9.38. The summed E-state index contributed by atoms with van der Waals surface area (Å²) >= 11 is 0. The number of hydrogen-bond donors (Lipinski definition) is 2. The third kappa shape index (κ3) is 9.27. The van der Waals surface area contributed by atoms with Gasteiger partial charge in [0.1, 0.15) is 5.75 Å². The van der Waals surface area contributed by atoms with Gasteiger partial charge < -0.3 is 24.8 Å². The van der Waals surface area contributed by atoms with E-state index in [1.807, 2.05) is 0 Å². The number of aliphatic imine (C=N–C) groups is 1. The van der Waals surface area contributed by atoms with Gasteiger partial charge in [0.15, 0.2) is 12.6 Å². The largest absolute Gasteiger partial charge is 0.484 e. The van der Waals surface area contributed by atoms with Gasteiger partial charge in [-0.05, 0) is 37.0 Å². The van der Waals surface area contributed by atoms with Gasteiger partial charge in [0.2, 0.25) is 0 Å². The van der Waals surface area contributed by atoms with Crippen LogP contribution in [0.4, 0.5) is 13.2 Å². The topological polar surface area (TPSA) is 64.1 Å². The van der Waals surface area contributed by atoms with Crippen LogP contribution in [0.5, 0.6) is 5.75 Å². The number of nitrogens with one attached hydrogen (secondary N) is 2. The molecule has 1 saturated heterocycles. The third-order valence-corrected chi connectivity index (χ3v) is 4.10. The minimum Gasteiger partial charge on any atom is -0.484 e. The first-order valence-electron chi connectivity index (χ1n) is 9.38. The Labute approximate surface area is 163 Å². The maximum atomic E-state index is 12.1. The van der Waals surface area contributed by atoms with E-state index in [0.29, 0.717) is 25.7 Å². The summed E-state index contributed by atoms with van der Waals surface area (Å²) in [4.78, 5) is 4.14. The van der Waals surface area contributed by atoms with Gasteiger partial charge in [-0.1, -0.05) is 12.1 Å². The maximum Gasteiger partial charge on any atom is 0.422 e. The number of benzene rings is 1. The lowest BCUT2D eigenvalue weighted by molar-refractivity contribution is -0.153. The van der Waals surface area contributed by atoms with Crippen molar-refractivity contribution in [3.8, 4) is 5.75 Å². The lowest BCUT2D eigenvalue weighted by Crippen LogP contribution is -2.37. The summed E-state index contributed by atoms with van der Waals surface area (Å²) in [5.74, 6) is 0.836. The zero-order valence-corrected chi connectivity index (χ0v) is 16.1. The molecule has 9 heteroatoms. The molecule has 0 radical (unpaired) electrons. The standard InChI is InChI=1S/C19H28F3N3O3/c1-23-18(24-9-3-10-26-13-17-4-2-11-27-17)25-12-15-5-7-16(8-6-15)28-14-19(20,21)22/h5-8,17H,2-4,9-14H2,1H3,(H2,23,24,25). The van der Waals surface area contributed by atoms with Crippen LogP contribution in [0.3, 0.4) is 0 Å². The van der Waals surface area contributed by atoms with Crippen LogP contribution in [0.25, 0.3) is 0 Å². The highest BCUT2D eigenvalue weighted by Gasteiger charge is 2.28. The number of guanidine groups is 1. The van der Waals surface area contributed by atoms with E-state index in [-0.39, 0.29) is 11.9 Å². The van der Waals surface area contributed by atoms with Crippen LogP contribution < -0.4 is 15.4 Å². The van der Waals surface area contributed by atoms with Crippen LogP contribution in [0, 0.1) is 0 Å². The van der Waals surface area contributed by atoms with Gasteiger partial charge in [-0.3, -0.25) is 4.99 Å². The van der Waals surface area contributed by atoms with Gasteiger partial charge in [-0.2, -0.15) is 13.2 Å². The Morgan fingerprint density at radius 1 is 1.25 bits per heavy atom. The van der Waals surface area contributed by atoms with E-state index >= 15 is 0 Å². The highest BCUT2D eigenvalue weighted by Crippen LogP contribution is 2.18. The predicted octanol–water partition coefficient (Wildman–Crippen LogP) is 2.88. The van der Waals surface area contributed by atoms with Crippen LogP contribution in [0.2, 0.25) is 0 Å². The molecule has 0 bridgehead atoms. The lowest BCUT2D eigenvalue weighted by Gasteiger charge is -2.13. The second kappa shape index (κ2) is 11.8. The summed E-state index contributed by atoms with van der Waals surface area (Å²) < 4.78 is 52.2. The molecule has 0 amide bonds. The molecule has 158 valence electrons. The fourth-order valence-electron chi connectivity index (χ4n) is 2.65. The first kappa shape index (κ1) is 22.3. The molecular weight excluding hydrogens is 375 g/mol. The molecule has 0 aliphatic carbocycles. The molecule has 2 rings (SSSR count). The number of rotatable bonds is 10. The molecule has 0 spiro atoms. The van der Waals surface area contributed by atoms with Crippen molar-refractivity contribution in [1.82, 2.24) is 10.6 Å². The van der Waals surface area contributed by atoms with Gasteiger partial charge >= 0.3 is 6.18 Å². The Morgan fingerprint density at radius 2 is 2.04 bits per heavy atom. The molecule has 0 aromatic heterocycles. The van der Waals surface area contributed by atoms with E-state index in [1.54, 1.807) is 19.2 Å². The van der Waals surface area contributed by atoms with Gasteiger partial charge in [-0.15, -0.1) is 0 Å². The van der Waals surface area contributed by atoms with E-state index in [9.17, 15) is 13.2 Å². The number of halogens is 3. The Balaban J connectivity index is 1.58. The molecular formula is C19H28F3N3O3. The highest BCUT2D eigenvalue weighted by atomic mass is 19.4. The fraction of sp³-hybridized carbons (Fsp3) is 0.632. The highest BCUT2D eigenvalue weighted by molar-refractivity contribution is 5.79. The van der Waals surface area contributed by atoms with Crippen molar-refractivity contribution in [2.45, 2.75) is 38.1 Å². The molecule has 1 atom stereocenters. The van der Waals surface area contributed by atoms with Crippen molar-refractivity contribution in [1.29, 1.82) is 0 Å². The van der Waals surface area contributed by atoms with E-state index < -0.39 is 12.8 Å². The van der Waals surface area contributed by atoms with E-state index in [1.165, 1.54) is 12.1 Å². The van der Waals surface area contributed by atoms with E-state index in [4.69, 9.17) is 9.47 Å². The maximum absolute atomic E-state index is 12.1. The minimum atomic E-state index is -4.34. The Bertz CT molecular complexity index is 588. The molecule has 28 heavy (non-hydrogen) atoms. The second-order valence-corrected chi connectivity index (χ2v) is 6.46. The minimum absolute atomic E-state index is 0.187.